The Morgan fingerprint density at radius 1 is 1.36 bits per heavy atom. The van der Waals surface area contributed by atoms with Crippen LogP contribution in [0.4, 0.5) is 11.4 Å². The Morgan fingerprint density at radius 3 is 2.77 bits per heavy atom. The minimum Gasteiger partial charge on any atom is -0.364 e. The highest BCUT2D eigenvalue weighted by Gasteiger charge is 2.10. The molecule has 22 heavy (non-hydrogen) atoms. The van der Waals surface area contributed by atoms with Gasteiger partial charge in [-0.2, -0.15) is 5.26 Å². The van der Waals surface area contributed by atoms with E-state index in [4.69, 9.17) is 5.26 Å². The van der Waals surface area contributed by atoms with Gasteiger partial charge < -0.3 is 10.2 Å². The maximum atomic E-state index is 12.2. The third-order valence-corrected chi connectivity index (χ3v) is 3.86. The van der Waals surface area contributed by atoms with E-state index in [0.717, 1.165) is 16.3 Å². The molecule has 0 fully saturated rings. The lowest BCUT2D eigenvalue weighted by molar-refractivity contribution is -0.114. The largest absolute Gasteiger partial charge is 0.364 e. The van der Waals surface area contributed by atoms with Crippen LogP contribution < -0.4 is 10.2 Å². The van der Waals surface area contributed by atoms with E-state index >= 15 is 0 Å². The summed E-state index contributed by atoms with van der Waals surface area (Å²) in [5, 5.41) is 11.6. The molecule has 2 aromatic rings. The van der Waals surface area contributed by atoms with Crippen LogP contribution in [-0.2, 0) is 4.79 Å². The number of thioether (sulfide) groups is 1. The number of nitrogens with zero attached hydrogens (tertiary/aromatic N) is 3. The number of aromatic nitrogens is 1. The number of amides is 1. The molecule has 0 unspecified atom stereocenters. The number of nitrogens with one attached hydrogen (secondary N) is 1. The first-order valence-electron chi connectivity index (χ1n) is 6.64. The molecule has 1 aromatic carbocycles. The first-order chi connectivity index (χ1) is 10.6. The molecule has 0 bridgehead atoms. The molecular formula is C16H16N4OS. The second-order valence-electron chi connectivity index (χ2n) is 4.62. The van der Waals surface area contributed by atoms with Crippen LogP contribution in [0.15, 0.2) is 47.5 Å². The summed E-state index contributed by atoms with van der Waals surface area (Å²) in [6.07, 6.45) is 3.56. The Morgan fingerprint density at radius 2 is 2.14 bits per heavy atom. The molecule has 0 radical (unpaired) electrons. The average molecular weight is 312 g/mol. The quantitative estimate of drug-likeness (QED) is 0.860. The van der Waals surface area contributed by atoms with Crippen molar-refractivity contribution in [1.82, 2.24) is 4.98 Å². The van der Waals surface area contributed by atoms with Crippen LogP contribution in [-0.4, -0.2) is 30.7 Å². The normalized spacial score (nSPS) is 9.86. The number of para-hydroxylation sites is 1. The van der Waals surface area contributed by atoms with E-state index in [1.54, 1.807) is 35.0 Å². The average Bonchev–Trinajstić information content (AvgIpc) is 2.55. The molecule has 1 heterocycles. The van der Waals surface area contributed by atoms with Crippen molar-refractivity contribution in [2.75, 3.05) is 30.1 Å². The number of carbonyl (C=O) groups is 1. The van der Waals surface area contributed by atoms with Crippen LogP contribution >= 0.6 is 11.8 Å². The highest BCUT2D eigenvalue weighted by atomic mass is 32.2. The highest BCUT2D eigenvalue weighted by Crippen LogP contribution is 2.24. The van der Waals surface area contributed by atoms with E-state index in [2.05, 4.69) is 10.3 Å². The number of hydrogen-bond donors (Lipinski definition) is 1. The molecule has 5 nitrogen and oxygen atoms in total. The summed E-state index contributed by atoms with van der Waals surface area (Å²) in [7, 11) is 1.81. The lowest BCUT2D eigenvalue weighted by atomic mass is 10.3. The minimum atomic E-state index is -0.103. The molecule has 0 aliphatic rings. The summed E-state index contributed by atoms with van der Waals surface area (Å²) in [5.41, 5.74) is 1.95. The maximum Gasteiger partial charge on any atom is 0.243 e. The predicted octanol–water partition coefficient (Wildman–Crippen LogP) is 2.75. The van der Waals surface area contributed by atoms with Crippen LogP contribution in [0.2, 0.25) is 0 Å². The zero-order valence-corrected chi connectivity index (χ0v) is 13.2. The Balaban J connectivity index is 2.00. The second-order valence-corrected chi connectivity index (χ2v) is 5.47. The van der Waals surface area contributed by atoms with Crippen molar-refractivity contribution in [3.05, 3.63) is 48.3 Å². The van der Waals surface area contributed by atoms with E-state index < -0.39 is 0 Å². The lowest BCUT2D eigenvalue weighted by Crippen LogP contribution is -2.30. The van der Waals surface area contributed by atoms with Crippen LogP contribution in [0.1, 0.15) is 5.69 Å². The number of carbonyl (C=O) groups excluding carboxylic acids is 1. The Kier molecular flexibility index (Phi) is 5.39. The van der Waals surface area contributed by atoms with Crippen LogP contribution in [0.25, 0.3) is 0 Å². The number of anilines is 2. The fraction of sp³-hybridized carbons (Fsp3) is 0.188. The number of rotatable bonds is 5. The lowest BCUT2D eigenvalue weighted by Gasteiger charge is -2.18. The third-order valence-electron chi connectivity index (χ3n) is 3.07. The van der Waals surface area contributed by atoms with Gasteiger partial charge in [-0.3, -0.25) is 4.79 Å². The third kappa shape index (κ3) is 3.99. The number of nitriles is 1. The molecule has 2 rings (SSSR count). The van der Waals surface area contributed by atoms with Gasteiger partial charge in [-0.15, -0.1) is 11.8 Å². The summed E-state index contributed by atoms with van der Waals surface area (Å²) in [6.45, 7) is 0.205. The summed E-state index contributed by atoms with van der Waals surface area (Å²) in [4.78, 5) is 19.0. The minimum absolute atomic E-state index is 0.103. The fourth-order valence-corrected chi connectivity index (χ4v) is 2.48. The number of pyridine rings is 1. The maximum absolute atomic E-state index is 12.2. The second kappa shape index (κ2) is 7.48. The van der Waals surface area contributed by atoms with Crippen molar-refractivity contribution in [2.24, 2.45) is 0 Å². The standard InChI is InChI=1S/C16H16N4OS/c1-20(13-8-7-12(9-17)18-10-13)11-16(21)19-14-5-3-4-6-15(14)22-2/h3-8,10H,11H2,1-2H3,(H,19,21). The van der Waals surface area contributed by atoms with Gasteiger partial charge in [-0.25, -0.2) is 4.98 Å². The molecule has 1 amide bonds. The predicted molar refractivity (Wildman–Crippen MR) is 89.1 cm³/mol. The van der Waals surface area contributed by atoms with Gasteiger partial charge in [0.05, 0.1) is 24.1 Å². The molecule has 0 aliphatic carbocycles. The number of benzene rings is 1. The first kappa shape index (κ1) is 15.9. The van der Waals surface area contributed by atoms with Gasteiger partial charge >= 0.3 is 0 Å². The van der Waals surface area contributed by atoms with E-state index in [1.165, 1.54) is 0 Å². The van der Waals surface area contributed by atoms with E-state index in [9.17, 15) is 4.79 Å². The molecule has 1 aromatic heterocycles. The molecule has 0 atom stereocenters. The van der Waals surface area contributed by atoms with Crippen molar-refractivity contribution in [3.8, 4) is 6.07 Å². The van der Waals surface area contributed by atoms with Crippen molar-refractivity contribution in [3.63, 3.8) is 0 Å². The molecule has 0 saturated carbocycles. The highest BCUT2D eigenvalue weighted by molar-refractivity contribution is 7.98. The van der Waals surface area contributed by atoms with Crippen molar-refractivity contribution < 1.29 is 4.79 Å². The monoisotopic (exact) mass is 312 g/mol. The summed E-state index contributed by atoms with van der Waals surface area (Å²) in [5.74, 6) is -0.103. The van der Waals surface area contributed by atoms with Crippen LogP contribution in [0.3, 0.4) is 0 Å². The Hall–Kier alpha value is -2.52. The number of hydrogen-bond acceptors (Lipinski definition) is 5. The van der Waals surface area contributed by atoms with Gasteiger partial charge in [0, 0.05) is 11.9 Å². The Bertz CT molecular complexity index is 694. The van der Waals surface area contributed by atoms with Crippen LogP contribution in [0, 0.1) is 11.3 Å². The molecule has 0 aliphatic heterocycles. The van der Waals surface area contributed by atoms with E-state index in [1.807, 2.05) is 43.6 Å². The molecule has 0 saturated heterocycles. The number of likely N-dealkylation sites (N-methyl/N-ethyl adjacent to an activating group) is 1. The molecule has 6 heteroatoms. The molecule has 0 spiro atoms. The first-order valence-corrected chi connectivity index (χ1v) is 7.86. The van der Waals surface area contributed by atoms with Gasteiger partial charge in [0.25, 0.3) is 0 Å². The zero-order valence-electron chi connectivity index (χ0n) is 12.4. The van der Waals surface area contributed by atoms with Crippen LogP contribution in [0.5, 0.6) is 0 Å². The van der Waals surface area contributed by atoms with Crippen molar-refractivity contribution in [2.45, 2.75) is 4.90 Å². The van der Waals surface area contributed by atoms with Gasteiger partial charge in [-0.05, 0) is 30.5 Å². The smallest absolute Gasteiger partial charge is 0.243 e. The van der Waals surface area contributed by atoms with Gasteiger partial charge in [-0.1, -0.05) is 12.1 Å². The summed E-state index contributed by atoms with van der Waals surface area (Å²) in [6, 6.07) is 13.1. The summed E-state index contributed by atoms with van der Waals surface area (Å²) < 4.78 is 0. The SMILES string of the molecule is CSc1ccccc1NC(=O)CN(C)c1ccc(C#N)nc1. The molecule has 112 valence electrons. The van der Waals surface area contributed by atoms with E-state index in [0.29, 0.717) is 5.69 Å². The van der Waals surface area contributed by atoms with Gasteiger partial charge in [0.2, 0.25) is 5.91 Å². The van der Waals surface area contributed by atoms with Gasteiger partial charge in [0.1, 0.15) is 11.8 Å². The zero-order chi connectivity index (χ0) is 15.9. The summed E-state index contributed by atoms with van der Waals surface area (Å²) >= 11 is 1.59. The Labute approximate surface area is 134 Å². The van der Waals surface area contributed by atoms with Crippen molar-refractivity contribution >= 4 is 29.0 Å². The topological polar surface area (TPSA) is 69.0 Å². The molecular weight excluding hydrogens is 296 g/mol. The fourth-order valence-electron chi connectivity index (χ4n) is 1.92. The van der Waals surface area contributed by atoms with E-state index in [-0.39, 0.29) is 12.5 Å². The van der Waals surface area contributed by atoms with Crippen molar-refractivity contribution in [1.29, 1.82) is 5.26 Å². The van der Waals surface area contributed by atoms with Gasteiger partial charge in [0.15, 0.2) is 0 Å². The molecule has 1 N–H and O–H groups in total.